The van der Waals surface area contributed by atoms with Crippen molar-refractivity contribution < 1.29 is 9.53 Å². The largest absolute Gasteiger partial charge is 0.463 e. The molecule has 0 heterocycles. The highest BCUT2D eigenvalue weighted by atomic mass is 16.5. The van der Waals surface area contributed by atoms with Crippen LogP contribution in [-0.2, 0) is 9.53 Å². The molecule has 0 amide bonds. The van der Waals surface area contributed by atoms with Gasteiger partial charge in [0.15, 0.2) is 0 Å². The van der Waals surface area contributed by atoms with E-state index in [0.717, 1.165) is 30.6 Å². The van der Waals surface area contributed by atoms with E-state index in [2.05, 4.69) is 34.3 Å². The SMILES string of the molecule is C=C(CCCC(C)CCCC(C)CCCC(C)C)C(=O)OCC. The Morgan fingerprint density at radius 3 is 1.83 bits per heavy atom. The summed E-state index contributed by atoms with van der Waals surface area (Å²) in [5, 5.41) is 0. The zero-order valence-electron chi connectivity index (χ0n) is 16.3. The quantitative estimate of drug-likeness (QED) is 0.268. The first-order valence-corrected chi connectivity index (χ1v) is 9.71. The van der Waals surface area contributed by atoms with Gasteiger partial charge in [0, 0.05) is 5.57 Å². The molecule has 0 aliphatic heterocycles. The van der Waals surface area contributed by atoms with Gasteiger partial charge in [-0.05, 0) is 37.5 Å². The summed E-state index contributed by atoms with van der Waals surface area (Å²) in [5.41, 5.74) is 0.623. The van der Waals surface area contributed by atoms with Crippen molar-refractivity contribution >= 4 is 5.97 Å². The lowest BCUT2D eigenvalue weighted by molar-refractivity contribution is -0.138. The Morgan fingerprint density at radius 2 is 1.35 bits per heavy atom. The Bertz CT molecular complexity index is 320. The molecule has 2 heteroatoms. The van der Waals surface area contributed by atoms with E-state index in [9.17, 15) is 4.79 Å². The molecule has 0 aromatic heterocycles. The number of rotatable bonds is 14. The van der Waals surface area contributed by atoms with Gasteiger partial charge < -0.3 is 4.74 Å². The molecule has 2 unspecified atom stereocenters. The zero-order chi connectivity index (χ0) is 17.7. The average molecular weight is 325 g/mol. The van der Waals surface area contributed by atoms with Crippen LogP contribution in [0.2, 0.25) is 0 Å². The van der Waals surface area contributed by atoms with E-state index in [-0.39, 0.29) is 5.97 Å². The van der Waals surface area contributed by atoms with Gasteiger partial charge in [-0.2, -0.15) is 0 Å². The van der Waals surface area contributed by atoms with E-state index < -0.39 is 0 Å². The van der Waals surface area contributed by atoms with Gasteiger partial charge in [0.2, 0.25) is 0 Å². The van der Waals surface area contributed by atoms with Crippen molar-refractivity contribution in [2.75, 3.05) is 6.61 Å². The molecule has 2 atom stereocenters. The summed E-state index contributed by atoms with van der Waals surface area (Å²) in [6, 6.07) is 0. The fourth-order valence-electron chi connectivity index (χ4n) is 2.98. The fourth-order valence-corrected chi connectivity index (χ4v) is 2.98. The van der Waals surface area contributed by atoms with Crippen LogP contribution in [0.3, 0.4) is 0 Å². The molecular weight excluding hydrogens is 284 g/mol. The van der Waals surface area contributed by atoms with Gasteiger partial charge in [0.25, 0.3) is 0 Å². The highest BCUT2D eigenvalue weighted by Gasteiger charge is 2.09. The van der Waals surface area contributed by atoms with Gasteiger partial charge >= 0.3 is 5.97 Å². The molecule has 0 saturated carbocycles. The molecule has 0 radical (unpaired) electrons. The molecule has 0 aromatic rings. The predicted octanol–water partition coefficient (Wildman–Crippen LogP) is 6.54. The summed E-state index contributed by atoms with van der Waals surface area (Å²) in [6.07, 6.45) is 11.1. The predicted molar refractivity (Wildman–Crippen MR) is 100 cm³/mol. The normalized spacial score (nSPS) is 13.8. The molecule has 0 aliphatic carbocycles. The van der Waals surface area contributed by atoms with Crippen molar-refractivity contribution in [3.8, 4) is 0 Å². The maximum absolute atomic E-state index is 11.5. The first kappa shape index (κ1) is 22.2. The van der Waals surface area contributed by atoms with Crippen molar-refractivity contribution in [2.24, 2.45) is 17.8 Å². The van der Waals surface area contributed by atoms with Gasteiger partial charge in [0.05, 0.1) is 6.61 Å². The van der Waals surface area contributed by atoms with Crippen LogP contribution in [0, 0.1) is 17.8 Å². The molecule has 0 fully saturated rings. The molecule has 0 aromatic carbocycles. The van der Waals surface area contributed by atoms with Gasteiger partial charge in [-0.15, -0.1) is 0 Å². The van der Waals surface area contributed by atoms with E-state index in [1.807, 2.05) is 6.92 Å². The molecule has 0 rings (SSSR count). The highest BCUT2D eigenvalue weighted by Crippen LogP contribution is 2.22. The van der Waals surface area contributed by atoms with Crippen LogP contribution >= 0.6 is 0 Å². The van der Waals surface area contributed by atoms with Crippen LogP contribution in [0.25, 0.3) is 0 Å². The minimum absolute atomic E-state index is 0.227. The van der Waals surface area contributed by atoms with Gasteiger partial charge in [-0.3, -0.25) is 0 Å². The van der Waals surface area contributed by atoms with E-state index in [1.165, 1.54) is 44.9 Å². The Balaban J connectivity index is 3.61. The van der Waals surface area contributed by atoms with Gasteiger partial charge in [-0.1, -0.05) is 79.2 Å². The summed E-state index contributed by atoms with van der Waals surface area (Å²) in [7, 11) is 0. The van der Waals surface area contributed by atoms with Crippen molar-refractivity contribution in [2.45, 2.75) is 92.4 Å². The molecule has 0 bridgehead atoms. The van der Waals surface area contributed by atoms with Crippen LogP contribution < -0.4 is 0 Å². The second kappa shape index (κ2) is 13.6. The van der Waals surface area contributed by atoms with E-state index in [1.54, 1.807) is 0 Å². The number of esters is 1. The summed E-state index contributed by atoms with van der Waals surface area (Å²) in [5.74, 6) is 2.22. The Hall–Kier alpha value is -0.790. The van der Waals surface area contributed by atoms with Crippen molar-refractivity contribution in [1.29, 1.82) is 0 Å². The first-order valence-electron chi connectivity index (χ1n) is 9.71. The lowest BCUT2D eigenvalue weighted by Crippen LogP contribution is -2.07. The van der Waals surface area contributed by atoms with Crippen molar-refractivity contribution in [3.63, 3.8) is 0 Å². The fraction of sp³-hybridized carbons (Fsp3) is 0.857. The van der Waals surface area contributed by atoms with Crippen LogP contribution in [-0.4, -0.2) is 12.6 Å². The van der Waals surface area contributed by atoms with Crippen LogP contribution in [0.4, 0.5) is 0 Å². The number of hydrogen-bond acceptors (Lipinski definition) is 2. The Kier molecular flexibility index (Phi) is 13.2. The monoisotopic (exact) mass is 324 g/mol. The Labute approximate surface area is 145 Å². The van der Waals surface area contributed by atoms with E-state index >= 15 is 0 Å². The van der Waals surface area contributed by atoms with Gasteiger partial charge in [-0.25, -0.2) is 4.79 Å². The van der Waals surface area contributed by atoms with Crippen molar-refractivity contribution in [1.82, 2.24) is 0 Å². The molecule has 0 aliphatic rings. The van der Waals surface area contributed by atoms with E-state index in [4.69, 9.17) is 4.74 Å². The lowest BCUT2D eigenvalue weighted by atomic mass is 9.91. The lowest BCUT2D eigenvalue weighted by Gasteiger charge is -2.15. The molecule has 0 spiro atoms. The minimum Gasteiger partial charge on any atom is -0.463 e. The third kappa shape index (κ3) is 13.4. The smallest absolute Gasteiger partial charge is 0.333 e. The number of carbonyl (C=O) groups is 1. The molecule has 2 nitrogen and oxygen atoms in total. The van der Waals surface area contributed by atoms with E-state index in [0.29, 0.717) is 12.2 Å². The molecule has 0 N–H and O–H groups in total. The average Bonchev–Trinajstić information content (AvgIpc) is 2.46. The van der Waals surface area contributed by atoms with Crippen molar-refractivity contribution in [3.05, 3.63) is 12.2 Å². The number of ether oxygens (including phenoxy) is 1. The maximum atomic E-state index is 11.5. The zero-order valence-corrected chi connectivity index (χ0v) is 16.3. The maximum Gasteiger partial charge on any atom is 0.333 e. The molecule has 136 valence electrons. The number of carbonyl (C=O) groups excluding carboxylic acids is 1. The summed E-state index contributed by atoms with van der Waals surface area (Å²) >= 11 is 0. The first-order chi connectivity index (χ1) is 10.9. The van der Waals surface area contributed by atoms with Crippen LogP contribution in [0.15, 0.2) is 12.2 Å². The standard InChI is InChI=1S/C21H40O2/c1-7-23-21(22)20(6)16-10-15-19(5)14-9-13-18(4)12-8-11-17(2)3/h17-19H,6-16H2,1-5H3. The summed E-state index contributed by atoms with van der Waals surface area (Å²) in [6.45, 7) is 15.4. The van der Waals surface area contributed by atoms with Crippen LogP contribution in [0.1, 0.15) is 92.4 Å². The minimum atomic E-state index is -0.227. The molecule has 23 heavy (non-hydrogen) atoms. The Morgan fingerprint density at radius 1 is 0.870 bits per heavy atom. The molecular formula is C21H40O2. The van der Waals surface area contributed by atoms with Crippen LogP contribution in [0.5, 0.6) is 0 Å². The summed E-state index contributed by atoms with van der Waals surface area (Å²) in [4.78, 5) is 11.5. The number of hydrogen-bond donors (Lipinski definition) is 0. The summed E-state index contributed by atoms with van der Waals surface area (Å²) < 4.78 is 4.96. The second-order valence-corrected chi connectivity index (χ2v) is 7.68. The highest BCUT2D eigenvalue weighted by molar-refractivity contribution is 5.87. The third-order valence-electron chi connectivity index (χ3n) is 4.61. The molecule has 0 saturated heterocycles. The third-order valence-corrected chi connectivity index (χ3v) is 4.61. The topological polar surface area (TPSA) is 26.3 Å². The second-order valence-electron chi connectivity index (χ2n) is 7.68. The van der Waals surface area contributed by atoms with Gasteiger partial charge in [0.1, 0.15) is 0 Å².